The normalized spacial score (nSPS) is 39.1. The van der Waals surface area contributed by atoms with Gasteiger partial charge < -0.3 is 18.9 Å². The monoisotopic (exact) mass is 563 g/mol. The predicted molar refractivity (Wildman–Crippen MR) is 152 cm³/mol. The summed E-state index contributed by atoms with van der Waals surface area (Å²) in [7, 11) is 3.60. The summed E-state index contributed by atoms with van der Waals surface area (Å²) in [5.41, 5.74) is 0. The summed E-state index contributed by atoms with van der Waals surface area (Å²) in [5, 5.41) is 24.9. The van der Waals surface area contributed by atoms with Crippen molar-refractivity contribution in [3.63, 3.8) is 0 Å². The zero-order valence-corrected chi connectivity index (χ0v) is 24.7. The predicted octanol–water partition coefficient (Wildman–Crippen LogP) is 0.630. The summed E-state index contributed by atoms with van der Waals surface area (Å²) >= 11 is 0. The van der Waals surface area contributed by atoms with Crippen LogP contribution in [0, 0.1) is 23.2 Å². The van der Waals surface area contributed by atoms with E-state index in [9.17, 15) is 5.26 Å². The molecule has 0 radical (unpaired) electrons. The van der Waals surface area contributed by atoms with Crippen molar-refractivity contribution in [3.05, 3.63) is 0 Å². The van der Waals surface area contributed by atoms with Gasteiger partial charge in [-0.1, -0.05) is 0 Å². The van der Waals surface area contributed by atoms with E-state index in [1.54, 1.807) is 7.11 Å². The Balaban J connectivity index is 1.06. The number of nitrogens with zero attached hydrogens (tertiary/aromatic N) is 3. The molecule has 4 N–H and O–H groups in total. The Kier molecular flexibility index (Phi) is 11.9. The fraction of sp³-hybridized carbons (Fsp3) is 0.966. The molecular formula is C29H53N7O4. The second-order valence-corrected chi connectivity index (χ2v) is 12.3. The number of piperazine rings is 1. The van der Waals surface area contributed by atoms with Crippen molar-refractivity contribution in [3.8, 4) is 6.07 Å². The standard InChI is InChI=1S/C29H53N7O4/c1-37-18-15-35-11-13-36(14-12-35)25-4-6-27(33-28(25)38-2)34-29-31-10-7-24(32-29)21-3-5-26(22(19-21)20-30)40-23-8-16-39-17-9-23/h21-29,31-34H,3-19H2,1-2H3. The van der Waals surface area contributed by atoms with Gasteiger partial charge in [0.1, 0.15) is 12.5 Å². The zero-order chi connectivity index (χ0) is 27.7. The molecule has 8 unspecified atom stereocenters. The van der Waals surface area contributed by atoms with Crippen molar-refractivity contribution >= 4 is 0 Å². The van der Waals surface area contributed by atoms with Crippen LogP contribution < -0.4 is 21.3 Å². The molecule has 0 aromatic rings. The smallest absolute Gasteiger partial charge is 0.124 e. The lowest BCUT2D eigenvalue weighted by molar-refractivity contribution is -0.0960. The number of nitriles is 1. The van der Waals surface area contributed by atoms with E-state index >= 15 is 0 Å². The molecule has 11 heteroatoms. The highest BCUT2D eigenvalue weighted by atomic mass is 16.5. The fourth-order valence-electron chi connectivity index (χ4n) is 7.47. The van der Waals surface area contributed by atoms with E-state index in [1.165, 1.54) is 0 Å². The third kappa shape index (κ3) is 8.13. The molecule has 4 aliphatic heterocycles. The Morgan fingerprint density at radius 1 is 0.975 bits per heavy atom. The van der Waals surface area contributed by atoms with Gasteiger partial charge in [-0.15, -0.1) is 0 Å². The second kappa shape index (κ2) is 15.5. The molecular weight excluding hydrogens is 510 g/mol. The van der Waals surface area contributed by atoms with Gasteiger partial charge in [-0.3, -0.25) is 31.1 Å². The second-order valence-electron chi connectivity index (χ2n) is 12.3. The minimum absolute atomic E-state index is 0.0126. The van der Waals surface area contributed by atoms with Crippen molar-refractivity contribution in [2.45, 2.75) is 94.3 Å². The van der Waals surface area contributed by atoms with Crippen LogP contribution in [0.3, 0.4) is 0 Å². The Hall–Kier alpha value is -0.910. The first-order chi connectivity index (χ1) is 19.7. The van der Waals surface area contributed by atoms with Crippen LogP contribution in [0.25, 0.3) is 0 Å². The average Bonchev–Trinajstić information content (AvgIpc) is 3.01. The van der Waals surface area contributed by atoms with Crippen LogP contribution in [0.4, 0.5) is 0 Å². The van der Waals surface area contributed by atoms with E-state index in [0.717, 1.165) is 110 Å². The van der Waals surface area contributed by atoms with E-state index in [0.29, 0.717) is 18.0 Å². The number of piperidine rings is 1. The Bertz CT molecular complexity index is 789. The topological polar surface area (TPSA) is 115 Å². The van der Waals surface area contributed by atoms with Crippen LogP contribution >= 0.6 is 0 Å². The van der Waals surface area contributed by atoms with Crippen LogP contribution in [0.5, 0.6) is 0 Å². The van der Waals surface area contributed by atoms with Crippen LogP contribution in [0.2, 0.25) is 0 Å². The molecule has 0 bridgehead atoms. The molecule has 4 heterocycles. The van der Waals surface area contributed by atoms with Gasteiger partial charge in [0.05, 0.1) is 37.0 Å². The van der Waals surface area contributed by atoms with Gasteiger partial charge in [-0.05, 0) is 63.8 Å². The number of methoxy groups -OCH3 is 2. The highest BCUT2D eigenvalue weighted by molar-refractivity contribution is 4.99. The number of rotatable bonds is 10. The van der Waals surface area contributed by atoms with E-state index in [4.69, 9.17) is 18.9 Å². The molecule has 4 saturated heterocycles. The third-order valence-corrected chi connectivity index (χ3v) is 9.86. The highest BCUT2D eigenvalue weighted by Crippen LogP contribution is 2.35. The largest absolute Gasteiger partial charge is 0.383 e. The third-order valence-electron chi connectivity index (χ3n) is 9.86. The summed E-state index contributed by atoms with van der Waals surface area (Å²) < 4.78 is 23.1. The van der Waals surface area contributed by atoms with Crippen LogP contribution in [0.15, 0.2) is 0 Å². The molecule has 5 aliphatic rings. The van der Waals surface area contributed by atoms with Gasteiger partial charge in [-0.25, -0.2) is 0 Å². The van der Waals surface area contributed by atoms with Crippen molar-refractivity contribution in [1.82, 2.24) is 31.1 Å². The molecule has 1 aliphatic carbocycles. The summed E-state index contributed by atoms with van der Waals surface area (Å²) in [6.45, 7) is 8.67. The van der Waals surface area contributed by atoms with Crippen molar-refractivity contribution in [1.29, 1.82) is 5.26 Å². The minimum atomic E-state index is -0.0223. The molecule has 8 atom stereocenters. The molecule has 0 aromatic carbocycles. The molecule has 0 amide bonds. The first-order valence-corrected chi connectivity index (χ1v) is 15.8. The van der Waals surface area contributed by atoms with Crippen LogP contribution in [-0.4, -0.2) is 126 Å². The SMILES string of the molecule is COCCN1CCN(C2CCC(NC3NCCC(C4CCC(OC5CCOCC5)C(C#N)C4)N3)NC2OC)CC1. The first-order valence-electron chi connectivity index (χ1n) is 15.8. The quantitative estimate of drug-likeness (QED) is 0.300. The molecule has 5 fully saturated rings. The lowest BCUT2D eigenvalue weighted by Crippen LogP contribution is -2.69. The number of hydrogen-bond donors (Lipinski definition) is 4. The number of nitrogens with one attached hydrogen (secondary N) is 4. The maximum absolute atomic E-state index is 9.96. The molecule has 0 spiro atoms. The fourth-order valence-corrected chi connectivity index (χ4v) is 7.47. The van der Waals surface area contributed by atoms with Crippen molar-refractivity contribution < 1.29 is 18.9 Å². The van der Waals surface area contributed by atoms with E-state index < -0.39 is 0 Å². The summed E-state index contributed by atoms with van der Waals surface area (Å²) in [6, 6.07) is 3.39. The number of hydrogen-bond acceptors (Lipinski definition) is 11. The molecule has 11 nitrogen and oxygen atoms in total. The number of ether oxygens (including phenoxy) is 4. The maximum atomic E-state index is 9.96. The Morgan fingerprint density at radius 2 is 1.80 bits per heavy atom. The summed E-state index contributed by atoms with van der Waals surface area (Å²) in [6.07, 6.45) is 8.73. The lowest BCUT2D eigenvalue weighted by Gasteiger charge is -2.47. The van der Waals surface area contributed by atoms with E-state index in [2.05, 4.69) is 37.1 Å². The highest BCUT2D eigenvalue weighted by Gasteiger charge is 2.39. The minimum Gasteiger partial charge on any atom is -0.383 e. The molecule has 0 aromatic heterocycles. The van der Waals surface area contributed by atoms with Crippen molar-refractivity contribution in [2.24, 2.45) is 11.8 Å². The summed E-state index contributed by atoms with van der Waals surface area (Å²) in [4.78, 5) is 5.09. The maximum Gasteiger partial charge on any atom is 0.124 e. The average molecular weight is 564 g/mol. The van der Waals surface area contributed by atoms with E-state index in [-0.39, 0.29) is 36.8 Å². The summed E-state index contributed by atoms with van der Waals surface area (Å²) in [5.74, 6) is 0.481. The van der Waals surface area contributed by atoms with Gasteiger partial charge in [0.15, 0.2) is 0 Å². The Morgan fingerprint density at radius 3 is 2.55 bits per heavy atom. The van der Waals surface area contributed by atoms with Crippen LogP contribution in [-0.2, 0) is 18.9 Å². The lowest BCUT2D eigenvalue weighted by atomic mass is 9.75. The van der Waals surface area contributed by atoms with E-state index in [1.807, 2.05) is 7.11 Å². The molecule has 228 valence electrons. The Labute approximate surface area is 240 Å². The van der Waals surface area contributed by atoms with Gasteiger partial charge in [0, 0.05) is 72.2 Å². The van der Waals surface area contributed by atoms with Crippen LogP contribution in [0.1, 0.15) is 51.4 Å². The molecule has 1 saturated carbocycles. The van der Waals surface area contributed by atoms with Gasteiger partial charge in [-0.2, -0.15) is 5.26 Å². The molecule has 5 rings (SSSR count). The van der Waals surface area contributed by atoms with Crippen molar-refractivity contribution in [2.75, 3.05) is 73.3 Å². The van der Waals surface area contributed by atoms with Gasteiger partial charge in [0.2, 0.25) is 0 Å². The van der Waals surface area contributed by atoms with Gasteiger partial charge in [0.25, 0.3) is 0 Å². The zero-order valence-electron chi connectivity index (χ0n) is 24.7. The van der Waals surface area contributed by atoms with Gasteiger partial charge >= 0.3 is 0 Å². The molecule has 40 heavy (non-hydrogen) atoms. The first kappa shape index (κ1) is 30.5.